The fourth-order valence-electron chi connectivity index (χ4n) is 11.6. The molecule has 20 atom stereocenters. The second-order valence-electron chi connectivity index (χ2n) is 20.1. The summed E-state index contributed by atoms with van der Waals surface area (Å²) >= 11 is 0. The first kappa shape index (κ1) is 47.9. The highest BCUT2D eigenvalue weighted by molar-refractivity contribution is 5.18. The minimum atomic E-state index is -2.21. The average Bonchev–Trinajstić information content (AvgIpc) is 3.56. The summed E-state index contributed by atoms with van der Waals surface area (Å²) in [5.41, 5.74) is -1.15. The van der Waals surface area contributed by atoms with Gasteiger partial charge in [-0.3, -0.25) is 4.90 Å². The molecular formula is C49H75NO12. The molecule has 13 nitrogen and oxygen atoms in total. The summed E-state index contributed by atoms with van der Waals surface area (Å²) in [7, 11) is 1.56. The molecule has 0 aromatic heterocycles. The monoisotopic (exact) mass is 870 g/mol. The summed E-state index contributed by atoms with van der Waals surface area (Å²) in [5.74, 6) is -4.08. The average molecular weight is 870 g/mol. The zero-order valence-electron chi connectivity index (χ0n) is 38.8. The normalized spacial score (nSPS) is 47.5. The molecule has 5 aliphatic rings. The van der Waals surface area contributed by atoms with E-state index in [-0.39, 0.29) is 30.4 Å². The van der Waals surface area contributed by atoms with Gasteiger partial charge in [0.15, 0.2) is 12.6 Å². The molecule has 2 aromatic rings. The van der Waals surface area contributed by atoms with Crippen molar-refractivity contribution >= 4 is 0 Å². The summed E-state index contributed by atoms with van der Waals surface area (Å²) in [6, 6.07) is 20.2. The van der Waals surface area contributed by atoms with Crippen LogP contribution >= 0.6 is 0 Å². The summed E-state index contributed by atoms with van der Waals surface area (Å²) in [6.07, 6.45) is -6.75. The number of fused-ring (bicyclic) bond motifs is 4. The quantitative estimate of drug-likeness (QED) is 0.211. The first-order valence-corrected chi connectivity index (χ1v) is 23.1. The van der Waals surface area contributed by atoms with Crippen LogP contribution in [0, 0.1) is 23.7 Å². The predicted molar refractivity (Wildman–Crippen MR) is 231 cm³/mol. The topological polar surface area (TPSA) is 158 Å². The van der Waals surface area contributed by atoms with Gasteiger partial charge in [-0.05, 0) is 70.9 Å². The Kier molecular flexibility index (Phi) is 14.4. The third-order valence-corrected chi connectivity index (χ3v) is 15.2. The Morgan fingerprint density at radius 2 is 1.39 bits per heavy atom. The van der Waals surface area contributed by atoms with Crippen LogP contribution in [0.4, 0.5) is 0 Å². The van der Waals surface area contributed by atoms with E-state index in [2.05, 4.69) is 36.1 Å². The van der Waals surface area contributed by atoms with E-state index in [1.165, 1.54) is 0 Å². The molecule has 5 aliphatic heterocycles. The number of nitrogens with zero attached hydrogens (tertiary/aromatic N) is 1. The van der Waals surface area contributed by atoms with E-state index in [0.29, 0.717) is 32.4 Å². The number of hydrogen-bond acceptors (Lipinski definition) is 13. The van der Waals surface area contributed by atoms with Gasteiger partial charge in [-0.1, -0.05) is 95.3 Å². The van der Waals surface area contributed by atoms with Gasteiger partial charge < -0.3 is 58.3 Å². The Bertz CT molecular complexity index is 1710. The molecule has 0 amide bonds. The molecule has 7 rings (SSSR count). The number of benzene rings is 2. The second-order valence-corrected chi connectivity index (χ2v) is 20.1. The Labute approximate surface area is 369 Å². The molecule has 5 fully saturated rings. The maximum atomic E-state index is 12.7. The molecule has 0 aliphatic carbocycles. The molecule has 5 heterocycles. The van der Waals surface area contributed by atoms with Gasteiger partial charge in [0.05, 0.1) is 59.8 Å². The first-order valence-electron chi connectivity index (χ1n) is 23.1. The minimum Gasteiger partial charge on any atom is -0.387 e. The number of methoxy groups -OCH3 is 1. The third-order valence-electron chi connectivity index (χ3n) is 15.2. The van der Waals surface area contributed by atoms with Crippen LogP contribution in [0.25, 0.3) is 0 Å². The van der Waals surface area contributed by atoms with Gasteiger partial charge in [0.25, 0.3) is 5.97 Å². The maximum Gasteiger partial charge on any atom is 0.286 e. The van der Waals surface area contributed by atoms with Gasteiger partial charge in [-0.15, -0.1) is 0 Å². The predicted octanol–water partition coefficient (Wildman–Crippen LogP) is 5.92. The van der Waals surface area contributed by atoms with Crippen molar-refractivity contribution in [2.24, 2.45) is 23.7 Å². The number of aliphatic hydroxyl groups is 4. The molecule has 348 valence electrons. The van der Waals surface area contributed by atoms with Gasteiger partial charge in [-0.2, -0.15) is 0 Å². The molecule has 0 radical (unpaired) electrons. The lowest BCUT2D eigenvalue weighted by molar-refractivity contribution is -0.481. The van der Waals surface area contributed by atoms with E-state index in [1.807, 2.05) is 84.9 Å². The van der Waals surface area contributed by atoms with Gasteiger partial charge >= 0.3 is 0 Å². The zero-order chi connectivity index (χ0) is 44.9. The van der Waals surface area contributed by atoms with E-state index >= 15 is 0 Å². The van der Waals surface area contributed by atoms with Crippen molar-refractivity contribution in [2.45, 2.75) is 204 Å². The largest absolute Gasteiger partial charge is 0.387 e. The van der Waals surface area contributed by atoms with Gasteiger partial charge in [0.1, 0.15) is 17.8 Å². The van der Waals surface area contributed by atoms with Crippen molar-refractivity contribution in [1.82, 2.24) is 4.90 Å². The van der Waals surface area contributed by atoms with Crippen LogP contribution in [0.5, 0.6) is 0 Å². The summed E-state index contributed by atoms with van der Waals surface area (Å²) < 4.78 is 53.5. The maximum absolute atomic E-state index is 12.7. The highest BCUT2D eigenvalue weighted by atomic mass is 16.8. The van der Waals surface area contributed by atoms with Crippen molar-refractivity contribution in [3.05, 3.63) is 71.8 Å². The molecule has 4 N–H and O–H groups in total. The molecule has 4 bridgehead atoms. The Morgan fingerprint density at radius 3 is 1.97 bits per heavy atom. The first-order chi connectivity index (χ1) is 29.2. The van der Waals surface area contributed by atoms with Crippen molar-refractivity contribution in [3.8, 4) is 0 Å². The fraction of sp³-hybridized carbons (Fsp3) is 0.755. The van der Waals surface area contributed by atoms with Gasteiger partial charge in [-0.25, -0.2) is 0 Å². The van der Waals surface area contributed by atoms with Crippen molar-refractivity contribution in [2.75, 3.05) is 7.11 Å². The van der Waals surface area contributed by atoms with Crippen LogP contribution in [0.15, 0.2) is 60.7 Å². The van der Waals surface area contributed by atoms with Gasteiger partial charge in [0, 0.05) is 44.5 Å². The highest BCUT2D eigenvalue weighted by Gasteiger charge is 2.64. The van der Waals surface area contributed by atoms with Crippen LogP contribution < -0.4 is 0 Å². The zero-order valence-corrected chi connectivity index (χ0v) is 38.8. The molecule has 0 saturated carbocycles. The number of ether oxygens (including phenoxy) is 8. The van der Waals surface area contributed by atoms with Crippen molar-refractivity contribution in [3.63, 3.8) is 0 Å². The van der Waals surface area contributed by atoms with Crippen LogP contribution in [0.1, 0.15) is 106 Å². The molecule has 13 heteroatoms. The SMILES string of the molecule is CC[C@H]1O[C@]2(O)O[C@H]([C@@H](C)C3O[C@@](C)(C[C@@H]3C)[C@H](O[C@@H]3OC(C)CC(N(Cc4ccccc4)Cc4ccccc4)C3O)[C@@H](C)[C@H](O[C@H]3CC(C)(OC)[C@@H](O)C(C)O3)[C@H]2C)[C@]1(C)O. The third kappa shape index (κ3) is 9.32. The number of rotatable bonds is 11. The Hall–Kier alpha value is -2.08. The fourth-order valence-corrected chi connectivity index (χ4v) is 11.6. The lowest BCUT2D eigenvalue weighted by atomic mass is 9.74. The molecule has 0 spiro atoms. The number of hydrogen-bond donors (Lipinski definition) is 4. The summed E-state index contributed by atoms with van der Waals surface area (Å²) in [4.78, 5) is 2.32. The second kappa shape index (κ2) is 18.7. The van der Waals surface area contributed by atoms with Crippen molar-refractivity contribution in [1.29, 1.82) is 0 Å². The van der Waals surface area contributed by atoms with E-state index in [1.54, 1.807) is 21.0 Å². The highest BCUT2D eigenvalue weighted by Crippen LogP contribution is 2.52. The standard InChI is InChI=1S/C49H75NO12/c1-12-37-48(10,53)44-30(4)40-28(2)24-47(9,61-40)43(31(5)41(32(6)49(54,60-37)62-44)58-38-25-46(8,55-11)42(52)33(7)57-38)59-45-39(51)36(23-29(3)56-45)50(26-34-19-15-13-16-20-34)27-35-21-17-14-18-22-35/h13-22,28-33,36-45,51-54H,12,23-27H2,1-11H3/t28-,29?,30-,31-,32+,33?,36?,37+,38-,39?,40?,41-,42-,43+,44+,45-,46?,47-,48+,49-/m0/s1. The minimum absolute atomic E-state index is 0.0116. The molecule has 5 saturated heterocycles. The smallest absolute Gasteiger partial charge is 0.286 e. The summed E-state index contributed by atoms with van der Waals surface area (Å²) in [5, 5.41) is 48.6. The van der Waals surface area contributed by atoms with E-state index in [9.17, 15) is 20.4 Å². The van der Waals surface area contributed by atoms with Crippen molar-refractivity contribution < 1.29 is 58.3 Å². The molecular weight excluding hydrogens is 795 g/mol. The van der Waals surface area contributed by atoms with Crippen LogP contribution in [0.3, 0.4) is 0 Å². The van der Waals surface area contributed by atoms with Crippen LogP contribution in [-0.2, 0) is 51.0 Å². The van der Waals surface area contributed by atoms with E-state index in [0.717, 1.165) is 11.1 Å². The lowest BCUT2D eigenvalue weighted by Crippen LogP contribution is -2.69. The molecule has 62 heavy (non-hydrogen) atoms. The lowest BCUT2D eigenvalue weighted by Gasteiger charge is -2.55. The summed E-state index contributed by atoms with van der Waals surface area (Å²) in [6.45, 7) is 20.5. The van der Waals surface area contributed by atoms with E-state index in [4.69, 9.17) is 37.9 Å². The number of aliphatic hydroxyl groups excluding tert-OH is 2. The van der Waals surface area contributed by atoms with Crippen LogP contribution in [-0.4, -0.2) is 129 Å². The Balaban J connectivity index is 1.29. The Morgan fingerprint density at radius 1 is 0.774 bits per heavy atom. The molecule has 6 unspecified atom stereocenters. The van der Waals surface area contributed by atoms with Gasteiger partial charge in [0.2, 0.25) is 0 Å². The molecule has 2 aromatic carbocycles. The van der Waals surface area contributed by atoms with E-state index < -0.39 is 96.0 Å². The van der Waals surface area contributed by atoms with Crippen LogP contribution in [0.2, 0.25) is 0 Å².